The summed E-state index contributed by atoms with van der Waals surface area (Å²) in [5, 5.41) is 11.0. The Balaban J connectivity index is 1.56. The summed E-state index contributed by atoms with van der Waals surface area (Å²) in [6.45, 7) is 0. The maximum Gasteiger partial charge on any atom is 0.411 e. The van der Waals surface area contributed by atoms with Gasteiger partial charge in [-0.05, 0) is 61.2 Å². The van der Waals surface area contributed by atoms with Gasteiger partial charge in [0, 0.05) is 27.9 Å². The monoisotopic (exact) mass is 578 g/mol. The van der Waals surface area contributed by atoms with Crippen LogP contribution < -0.4 is 27.3 Å². The molecule has 2 heterocycles. The minimum Gasteiger partial charge on any atom is -0.453 e. The molecule has 2 bridgehead atoms. The molecule has 12 heteroatoms. The minimum atomic E-state index is -0.512. The summed E-state index contributed by atoms with van der Waals surface area (Å²) in [6.07, 6.45) is 12.5. The van der Waals surface area contributed by atoms with Gasteiger partial charge in [-0.25, -0.2) is 15.6 Å². The first-order valence-corrected chi connectivity index (χ1v) is 13.8. The van der Waals surface area contributed by atoms with Crippen LogP contribution in [0, 0.1) is 0 Å². The zero-order chi connectivity index (χ0) is 29.2. The summed E-state index contributed by atoms with van der Waals surface area (Å²) in [5.41, 5.74) is 4.83. The number of hydrazine groups is 1. The number of imidazole rings is 1. The lowest BCUT2D eigenvalue weighted by molar-refractivity contribution is -0.117. The summed E-state index contributed by atoms with van der Waals surface area (Å²) in [5.74, 6) is 11.6. The molecule has 1 aliphatic rings. The molecular formula is C29H35ClN8O3. The van der Waals surface area contributed by atoms with E-state index in [1.54, 1.807) is 30.5 Å². The van der Waals surface area contributed by atoms with Crippen molar-refractivity contribution < 1.29 is 14.3 Å². The number of hydrogen-bond acceptors (Lipinski definition) is 7. The van der Waals surface area contributed by atoms with Gasteiger partial charge in [-0.2, -0.15) is 5.10 Å². The third-order valence-electron chi connectivity index (χ3n) is 6.88. The lowest BCUT2D eigenvalue weighted by Gasteiger charge is -2.17. The van der Waals surface area contributed by atoms with Gasteiger partial charge >= 0.3 is 6.09 Å². The van der Waals surface area contributed by atoms with Crippen LogP contribution in [0.3, 0.4) is 0 Å². The van der Waals surface area contributed by atoms with Crippen LogP contribution in [0.15, 0.2) is 53.8 Å². The molecular weight excluding hydrogens is 544 g/mol. The highest BCUT2D eigenvalue weighted by Gasteiger charge is 2.19. The van der Waals surface area contributed by atoms with Gasteiger partial charge in [0.2, 0.25) is 5.91 Å². The highest BCUT2D eigenvalue weighted by atomic mass is 35.5. The van der Waals surface area contributed by atoms with E-state index < -0.39 is 6.09 Å². The van der Waals surface area contributed by atoms with Crippen molar-refractivity contribution in [2.75, 3.05) is 17.4 Å². The molecule has 0 saturated carbocycles. The van der Waals surface area contributed by atoms with Gasteiger partial charge in [0.1, 0.15) is 12.2 Å². The number of rotatable bonds is 6. The smallest absolute Gasteiger partial charge is 0.411 e. The largest absolute Gasteiger partial charge is 0.453 e. The molecule has 0 spiro atoms. The average Bonchev–Trinajstić information content (AvgIpc) is 3.45. The van der Waals surface area contributed by atoms with Crippen LogP contribution in [-0.2, 0) is 16.0 Å². The summed E-state index contributed by atoms with van der Waals surface area (Å²) < 4.78 is 4.74. The van der Waals surface area contributed by atoms with Crippen molar-refractivity contribution in [3.8, 4) is 11.3 Å². The number of H-pyrrole nitrogens is 1. The number of nitrogens with zero attached hydrogens (tertiary/aromatic N) is 3. The van der Waals surface area contributed by atoms with Gasteiger partial charge in [0.05, 0.1) is 30.7 Å². The normalized spacial score (nSPS) is 15.8. The first-order valence-electron chi connectivity index (χ1n) is 13.5. The highest BCUT2D eigenvalue weighted by molar-refractivity contribution is 6.30. The summed E-state index contributed by atoms with van der Waals surface area (Å²) in [7, 11) is 1.34. The number of carbonyl (C=O) groups is 2. The Kier molecular flexibility index (Phi) is 10.4. The molecule has 0 fully saturated rings. The van der Waals surface area contributed by atoms with E-state index in [0.717, 1.165) is 61.8 Å². The number of anilines is 2. The number of aromatic nitrogens is 2. The number of hydrogen-bond donors (Lipinski definition) is 5. The topological polar surface area (TPSA) is 164 Å². The summed E-state index contributed by atoms with van der Waals surface area (Å²) in [6, 6.07) is 10.6. The van der Waals surface area contributed by atoms with E-state index in [4.69, 9.17) is 28.0 Å². The molecule has 1 unspecified atom stereocenters. The lowest BCUT2D eigenvalue weighted by Crippen LogP contribution is -2.30. The van der Waals surface area contributed by atoms with Gasteiger partial charge in [-0.1, -0.05) is 43.4 Å². The number of halogens is 1. The Labute approximate surface area is 244 Å². The Morgan fingerprint density at radius 2 is 1.98 bits per heavy atom. The Morgan fingerprint density at radius 1 is 1.17 bits per heavy atom. The van der Waals surface area contributed by atoms with Crippen LogP contribution in [0.5, 0.6) is 0 Å². The van der Waals surface area contributed by atoms with Crippen LogP contribution in [0.1, 0.15) is 61.5 Å². The molecule has 2 amide bonds. The molecule has 1 aliphatic heterocycles. The maximum absolute atomic E-state index is 13.1. The molecule has 3 aromatic rings. The molecule has 0 radical (unpaired) electrons. The molecule has 4 rings (SSSR count). The fraction of sp³-hybridized carbons (Fsp3) is 0.310. The SMILES string of the molecule is COC(=O)Nc1ccc2c(c1)CCCCCCCC(NC(=O)/C=C/c1cc(Cl)ccc1N(N)/C=N\N)c1ncc-2[nH]1. The maximum atomic E-state index is 13.1. The van der Waals surface area contributed by atoms with E-state index in [9.17, 15) is 9.59 Å². The quantitative estimate of drug-likeness (QED) is 0.0875. The first-order chi connectivity index (χ1) is 19.9. The minimum absolute atomic E-state index is 0.279. The van der Waals surface area contributed by atoms with Gasteiger partial charge in [-0.15, -0.1) is 0 Å². The number of nitrogens with one attached hydrogen (secondary N) is 3. The predicted molar refractivity (Wildman–Crippen MR) is 162 cm³/mol. The number of fused-ring (bicyclic) bond motifs is 4. The Bertz CT molecular complexity index is 1420. The summed E-state index contributed by atoms with van der Waals surface area (Å²) >= 11 is 6.18. The van der Waals surface area contributed by atoms with Crippen molar-refractivity contribution in [2.45, 2.75) is 51.0 Å². The first kappa shape index (κ1) is 29.6. The molecule has 1 aromatic heterocycles. The van der Waals surface area contributed by atoms with Gasteiger partial charge in [0.15, 0.2) is 0 Å². The van der Waals surface area contributed by atoms with Crippen LogP contribution >= 0.6 is 11.6 Å². The average molecular weight is 579 g/mol. The fourth-order valence-corrected chi connectivity index (χ4v) is 5.03. The molecule has 0 saturated heterocycles. The third kappa shape index (κ3) is 8.09. The van der Waals surface area contributed by atoms with Crippen molar-refractivity contribution in [2.24, 2.45) is 16.8 Å². The fourth-order valence-electron chi connectivity index (χ4n) is 4.85. The second-order valence-electron chi connectivity index (χ2n) is 9.75. The molecule has 1 atom stereocenters. The van der Waals surface area contributed by atoms with Crippen molar-refractivity contribution >= 4 is 47.4 Å². The number of benzene rings is 2. The van der Waals surface area contributed by atoms with E-state index in [1.165, 1.54) is 24.5 Å². The number of hydrazone groups is 1. The van der Waals surface area contributed by atoms with Crippen LogP contribution in [0.2, 0.25) is 5.02 Å². The molecule has 0 aliphatic carbocycles. The van der Waals surface area contributed by atoms with Crippen molar-refractivity contribution in [3.05, 3.63) is 70.6 Å². The van der Waals surface area contributed by atoms with Crippen LogP contribution in [-0.4, -0.2) is 35.4 Å². The number of methoxy groups -OCH3 is 1. The molecule has 7 N–H and O–H groups in total. The number of ether oxygens (including phenoxy) is 1. The van der Waals surface area contributed by atoms with E-state index >= 15 is 0 Å². The number of carbonyl (C=O) groups excluding carboxylic acids is 2. The van der Waals surface area contributed by atoms with Crippen LogP contribution in [0.4, 0.5) is 16.2 Å². The lowest BCUT2D eigenvalue weighted by atomic mass is 9.98. The van der Waals surface area contributed by atoms with Crippen molar-refractivity contribution in [1.29, 1.82) is 0 Å². The van der Waals surface area contributed by atoms with E-state index in [-0.39, 0.29) is 11.9 Å². The van der Waals surface area contributed by atoms with Gasteiger partial charge in [0.25, 0.3) is 0 Å². The second-order valence-corrected chi connectivity index (χ2v) is 10.2. The standard InChI is InChI=1S/C29H35ClN8O3/c1-41-29(40)35-22-11-12-23-19(16-22)7-5-3-2-4-6-8-24(28-33-17-25(23)37-28)36-27(39)14-9-20-15-21(30)10-13-26(20)38(32)18-34-31/h9-18,24H,2-8,31-32H2,1H3,(H,33,37)(H,35,40)(H,36,39)/b14-9+,34-18-. The molecule has 216 valence electrons. The highest BCUT2D eigenvalue weighted by Crippen LogP contribution is 2.30. The zero-order valence-corrected chi connectivity index (χ0v) is 23.7. The predicted octanol–water partition coefficient (Wildman–Crippen LogP) is 5.26. The second kappa shape index (κ2) is 14.3. The van der Waals surface area contributed by atoms with Crippen molar-refractivity contribution in [1.82, 2.24) is 15.3 Å². The molecule has 41 heavy (non-hydrogen) atoms. The van der Waals surface area contributed by atoms with Crippen LogP contribution in [0.25, 0.3) is 17.3 Å². The molecule has 11 nitrogen and oxygen atoms in total. The number of nitrogens with two attached hydrogens (primary N) is 2. The molecule has 2 aromatic carbocycles. The van der Waals surface area contributed by atoms with Crippen molar-refractivity contribution in [3.63, 3.8) is 0 Å². The van der Waals surface area contributed by atoms with Gasteiger partial charge in [-0.3, -0.25) is 15.1 Å². The number of aromatic amines is 1. The van der Waals surface area contributed by atoms with E-state index in [1.807, 2.05) is 18.2 Å². The number of amides is 2. The summed E-state index contributed by atoms with van der Waals surface area (Å²) in [4.78, 5) is 32.9. The Morgan fingerprint density at radius 3 is 2.78 bits per heavy atom. The van der Waals surface area contributed by atoms with Gasteiger partial charge < -0.3 is 20.9 Å². The number of aryl methyl sites for hydroxylation is 1. The Hall–Kier alpha value is -4.35. The third-order valence-corrected chi connectivity index (χ3v) is 7.12. The van der Waals surface area contributed by atoms with E-state index in [2.05, 4.69) is 25.7 Å². The zero-order valence-electron chi connectivity index (χ0n) is 22.9. The van der Waals surface area contributed by atoms with E-state index in [0.29, 0.717) is 27.8 Å².